The molecule has 156 valence electrons. The molecule has 2 fully saturated rings. The van der Waals surface area contributed by atoms with Crippen molar-refractivity contribution in [2.45, 2.75) is 64.2 Å². The molecule has 0 unspecified atom stereocenters. The molecule has 2 aromatic rings. The van der Waals surface area contributed by atoms with Gasteiger partial charge in [0.2, 0.25) is 5.91 Å². The molecule has 1 saturated carbocycles. The first-order valence-corrected chi connectivity index (χ1v) is 11.9. The van der Waals surface area contributed by atoms with Crippen LogP contribution in [0.25, 0.3) is 0 Å². The lowest BCUT2D eigenvalue weighted by atomic mass is 9.88. The molecule has 29 heavy (non-hydrogen) atoms. The normalized spacial score (nSPS) is 19.9. The minimum Gasteiger partial charge on any atom is -0.489 e. The lowest BCUT2D eigenvalue weighted by Gasteiger charge is -2.31. The first-order valence-electron chi connectivity index (χ1n) is 10.9. The van der Waals surface area contributed by atoms with E-state index in [1.54, 1.807) is 11.3 Å². The Balaban J connectivity index is 1.42. The number of benzene rings is 1. The van der Waals surface area contributed by atoms with E-state index in [0.717, 1.165) is 43.6 Å². The van der Waals surface area contributed by atoms with Crippen LogP contribution in [-0.2, 0) is 22.7 Å². The second-order valence-corrected chi connectivity index (χ2v) is 9.04. The fourth-order valence-corrected chi connectivity index (χ4v) is 5.02. The van der Waals surface area contributed by atoms with Crippen molar-refractivity contribution in [1.29, 1.82) is 0 Å². The second kappa shape index (κ2) is 10.3. The fourth-order valence-electron chi connectivity index (χ4n) is 4.37. The monoisotopic (exact) mass is 413 g/mol. The highest BCUT2D eigenvalue weighted by atomic mass is 32.1. The second-order valence-electron chi connectivity index (χ2n) is 8.26. The maximum atomic E-state index is 13.3. The largest absolute Gasteiger partial charge is 0.489 e. The van der Waals surface area contributed by atoms with Crippen LogP contribution < -0.4 is 4.74 Å². The van der Waals surface area contributed by atoms with Gasteiger partial charge in [-0.3, -0.25) is 4.79 Å². The van der Waals surface area contributed by atoms with E-state index in [9.17, 15) is 4.79 Å². The molecule has 0 N–H and O–H groups in total. The molecular formula is C24H31NO3S. The molecule has 0 bridgehead atoms. The SMILES string of the molecule is O=C(C1CCCCC1)N(Cc1cccc(OCc2ccsc2)c1)C[C@H]1CCCO1. The van der Waals surface area contributed by atoms with Crippen LogP contribution in [-0.4, -0.2) is 30.1 Å². The summed E-state index contributed by atoms with van der Waals surface area (Å²) in [6, 6.07) is 10.3. The quantitative estimate of drug-likeness (QED) is 0.580. The molecule has 1 atom stereocenters. The van der Waals surface area contributed by atoms with E-state index in [-0.39, 0.29) is 12.0 Å². The summed E-state index contributed by atoms with van der Waals surface area (Å²) >= 11 is 1.68. The zero-order valence-corrected chi connectivity index (χ0v) is 17.9. The Labute approximate surface area is 177 Å². The molecule has 2 heterocycles. The summed E-state index contributed by atoms with van der Waals surface area (Å²) in [4.78, 5) is 15.3. The Hall–Kier alpha value is -1.85. The Morgan fingerprint density at radius 2 is 2.00 bits per heavy atom. The zero-order valence-electron chi connectivity index (χ0n) is 17.1. The average molecular weight is 414 g/mol. The molecule has 2 aliphatic rings. The van der Waals surface area contributed by atoms with Crippen molar-refractivity contribution >= 4 is 17.2 Å². The van der Waals surface area contributed by atoms with Gasteiger partial charge in [-0.1, -0.05) is 31.4 Å². The van der Waals surface area contributed by atoms with E-state index in [1.165, 1.54) is 24.8 Å². The van der Waals surface area contributed by atoms with E-state index in [0.29, 0.717) is 25.6 Å². The first kappa shape index (κ1) is 20.4. The van der Waals surface area contributed by atoms with E-state index in [2.05, 4.69) is 29.0 Å². The van der Waals surface area contributed by atoms with Crippen LogP contribution in [0.1, 0.15) is 56.1 Å². The summed E-state index contributed by atoms with van der Waals surface area (Å²) in [5.41, 5.74) is 2.31. The van der Waals surface area contributed by atoms with Crippen LogP contribution in [0.3, 0.4) is 0 Å². The predicted octanol–water partition coefficient (Wildman–Crippen LogP) is 5.42. The van der Waals surface area contributed by atoms with Gasteiger partial charge >= 0.3 is 0 Å². The average Bonchev–Trinajstić information content (AvgIpc) is 3.46. The lowest BCUT2D eigenvalue weighted by molar-refractivity contribution is -0.138. The van der Waals surface area contributed by atoms with Gasteiger partial charge in [-0.05, 0) is 65.8 Å². The van der Waals surface area contributed by atoms with E-state index in [4.69, 9.17) is 9.47 Å². The third kappa shape index (κ3) is 5.83. The lowest BCUT2D eigenvalue weighted by Crippen LogP contribution is -2.41. The van der Waals surface area contributed by atoms with Crippen molar-refractivity contribution in [3.63, 3.8) is 0 Å². The van der Waals surface area contributed by atoms with Gasteiger partial charge in [0.05, 0.1) is 6.10 Å². The topological polar surface area (TPSA) is 38.8 Å². The number of thiophene rings is 1. The number of rotatable bonds is 8. The van der Waals surface area contributed by atoms with Gasteiger partial charge in [0.15, 0.2) is 0 Å². The molecule has 1 amide bonds. The molecule has 5 heteroatoms. The number of hydrogen-bond acceptors (Lipinski definition) is 4. The number of hydrogen-bond donors (Lipinski definition) is 0. The number of ether oxygens (including phenoxy) is 2. The van der Waals surface area contributed by atoms with Gasteiger partial charge in [0.1, 0.15) is 12.4 Å². The molecule has 1 aliphatic heterocycles. The van der Waals surface area contributed by atoms with Gasteiger partial charge in [0, 0.05) is 25.6 Å². The van der Waals surface area contributed by atoms with Crippen LogP contribution in [0.15, 0.2) is 41.1 Å². The molecular weight excluding hydrogens is 382 g/mol. The highest BCUT2D eigenvalue weighted by Gasteiger charge is 2.29. The number of carbonyl (C=O) groups excluding carboxylic acids is 1. The van der Waals surface area contributed by atoms with Crippen molar-refractivity contribution in [3.05, 3.63) is 52.2 Å². The van der Waals surface area contributed by atoms with E-state index in [1.807, 2.05) is 17.0 Å². The van der Waals surface area contributed by atoms with Crippen molar-refractivity contribution in [3.8, 4) is 5.75 Å². The van der Waals surface area contributed by atoms with Gasteiger partial charge in [-0.2, -0.15) is 11.3 Å². The molecule has 1 aromatic heterocycles. The number of amides is 1. The van der Waals surface area contributed by atoms with Gasteiger partial charge in [-0.15, -0.1) is 0 Å². The third-order valence-electron chi connectivity index (χ3n) is 5.97. The molecule has 4 nitrogen and oxygen atoms in total. The maximum Gasteiger partial charge on any atom is 0.226 e. The summed E-state index contributed by atoms with van der Waals surface area (Å²) in [5, 5.41) is 4.17. The summed E-state index contributed by atoms with van der Waals surface area (Å²) in [7, 11) is 0. The Kier molecular flexibility index (Phi) is 7.23. The molecule has 1 saturated heterocycles. The van der Waals surface area contributed by atoms with E-state index >= 15 is 0 Å². The van der Waals surface area contributed by atoms with E-state index < -0.39 is 0 Å². The third-order valence-corrected chi connectivity index (χ3v) is 6.70. The smallest absolute Gasteiger partial charge is 0.226 e. The van der Waals surface area contributed by atoms with Gasteiger partial charge in [0.25, 0.3) is 0 Å². The Morgan fingerprint density at radius 1 is 1.10 bits per heavy atom. The first-order chi connectivity index (χ1) is 14.3. The molecule has 1 aromatic carbocycles. The summed E-state index contributed by atoms with van der Waals surface area (Å²) in [5.74, 6) is 1.35. The van der Waals surface area contributed by atoms with Crippen molar-refractivity contribution in [2.75, 3.05) is 13.2 Å². The minimum atomic E-state index is 0.181. The summed E-state index contributed by atoms with van der Waals surface area (Å²) in [6.07, 6.45) is 8.02. The maximum absolute atomic E-state index is 13.3. The Morgan fingerprint density at radius 3 is 2.76 bits per heavy atom. The Bertz CT molecular complexity index is 764. The minimum absolute atomic E-state index is 0.181. The van der Waals surface area contributed by atoms with Crippen LogP contribution in [0.5, 0.6) is 5.75 Å². The van der Waals surface area contributed by atoms with Gasteiger partial charge < -0.3 is 14.4 Å². The van der Waals surface area contributed by atoms with Crippen molar-refractivity contribution < 1.29 is 14.3 Å². The summed E-state index contributed by atoms with van der Waals surface area (Å²) < 4.78 is 11.8. The van der Waals surface area contributed by atoms with Crippen LogP contribution in [0, 0.1) is 5.92 Å². The number of nitrogens with zero attached hydrogens (tertiary/aromatic N) is 1. The van der Waals surface area contributed by atoms with Gasteiger partial charge in [-0.25, -0.2) is 0 Å². The fraction of sp³-hybridized carbons (Fsp3) is 0.542. The van der Waals surface area contributed by atoms with Crippen LogP contribution in [0.4, 0.5) is 0 Å². The van der Waals surface area contributed by atoms with Crippen molar-refractivity contribution in [1.82, 2.24) is 4.90 Å². The standard InChI is InChI=1S/C24H31NO3S/c26-24(21-7-2-1-3-8-21)25(16-23-10-5-12-27-23)15-19-6-4-9-22(14-19)28-17-20-11-13-29-18-20/h4,6,9,11,13-14,18,21,23H,1-3,5,7-8,10,12,15-17H2/t23-/m1/s1. The summed E-state index contributed by atoms with van der Waals surface area (Å²) in [6.45, 7) is 2.73. The van der Waals surface area contributed by atoms with Crippen LogP contribution in [0.2, 0.25) is 0 Å². The highest BCUT2D eigenvalue weighted by Crippen LogP contribution is 2.27. The zero-order chi connectivity index (χ0) is 19.9. The molecule has 1 aliphatic carbocycles. The van der Waals surface area contributed by atoms with Crippen LogP contribution >= 0.6 is 11.3 Å². The molecule has 0 spiro atoms. The highest BCUT2D eigenvalue weighted by molar-refractivity contribution is 7.07. The van der Waals surface area contributed by atoms with Crippen molar-refractivity contribution in [2.24, 2.45) is 5.92 Å². The predicted molar refractivity (Wildman–Crippen MR) is 116 cm³/mol. The number of carbonyl (C=O) groups is 1. The molecule has 0 radical (unpaired) electrons. The molecule has 4 rings (SSSR count).